The van der Waals surface area contributed by atoms with E-state index in [4.69, 9.17) is 0 Å². The van der Waals surface area contributed by atoms with Gasteiger partial charge >= 0.3 is 0 Å². The van der Waals surface area contributed by atoms with Crippen LogP contribution in [-0.2, 0) is 5.54 Å². The van der Waals surface area contributed by atoms with E-state index < -0.39 is 0 Å². The fourth-order valence-corrected chi connectivity index (χ4v) is 2.60. The average molecular weight is 281 g/mol. The number of aryl methyl sites for hydroxylation is 1. The van der Waals surface area contributed by atoms with Gasteiger partial charge in [-0.2, -0.15) is 0 Å². The SMILES string of the molecule is CNC(C)(C)c1c(C)[nH]c2cc(Br)ccc12. The second-order valence-electron chi connectivity index (χ2n) is 4.69. The van der Waals surface area contributed by atoms with Crippen molar-refractivity contribution < 1.29 is 0 Å². The summed E-state index contributed by atoms with van der Waals surface area (Å²) in [6, 6.07) is 6.37. The Labute approximate surface area is 105 Å². The van der Waals surface area contributed by atoms with E-state index in [2.05, 4.69) is 65.2 Å². The van der Waals surface area contributed by atoms with Crippen molar-refractivity contribution in [2.75, 3.05) is 7.05 Å². The van der Waals surface area contributed by atoms with Gasteiger partial charge < -0.3 is 10.3 Å². The van der Waals surface area contributed by atoms with Gasteiger partial charge in [0.2, 0.25) is 0 Å². The second-order valence-corrected chi connectivity index (χ2v) is 5.61. The summed E-state index contributed by atoms with van der Waals surface area (Å²) in [7, 11) is 2.00. The number of benzene rings is 1. The summed E-state index contributed by atoms with van der Waals surface area (Å²) < 4.78 is 1.11. The largest absolute Gasteiger partial charge is 0.358 e. The van der Waals surface area contributed by atoms with E-state index in [-0.39, 0.29) is 5.54 Å². The normalized spacial score (nSPS) is 12.3. The summed E-state index contributed by atoms with van der Waals surface area (Å²) in [5.74, 6) is 0. The molecule has 0 saturated carbocycles. The van der Waals surface area contributed by atoms with E-state index in [0.29, 0.717) is 0 Å². The van der Waals surface area contributed by atoms with Crippen molar-refractivity contribution in [3.05, 3.63) is 33.9 Å². The Hall–Kier alpha value is -0.800. The van der Waals surface area contributed by atoms with Crippen molar-refractivity contribution in [2.24, 2.45) is 0 Å². The summed E-state index contributed by atoms with van der Waals surface area (Å²) in [5, 5.41) is 4.65. The Morgan fingerprint density at radius 3 is 2.62 bits per heavy atom. The van der Waals surface area contributed by atoms with Crippen molar-refractivity contribution in [3.8, 4) is 0 Å². The maximum atomic E-state index is 3.50. The van der Waals surface area contributed by atoms with Crippen LogP contribution in [0.3, 0.4) is 0 Å². The summed E-state index contributed by atoms with van der Waals surface area (Å²) in [5.41, 5.74) is 3.74. The van der Waals surface area contributed by atoms with Gasteiger partial charge in [0, 0.05) is 26.6 Å². The molecule has 0 aliphatic carbocycles. The molecule has 2 N–H and O–H groups in total. The Morgan fingerprint density at radius 1 is 1.31 bits per heavy atom. The molecule has 1 aromatic carbocycles. The highest BCUT2D eigenvalue weighted by molar-refractivity contribution is 9.10. The van der Waals surface area contributed by atoms with Crippen molar-refractivity contribution >= 4 is 26.8 Å². The van der Waals surface area contributed by atoms with E-state index in [1.807, 2.05) is 7.05 Å². The summed E-state index contributed by atoms with van der Waals surface area (Å²) >= 11 is 3.50. The molecule has 0 unspecified atom stereocenters. The van der Waals surface area contributed by atoms with Crippen LogP contribution in [0.2, 0.25) is 0 Å². The molecule has 16 heavy (non-hydrogen) atoms. The number of H-pyrrole nitrogens is 1. The summed E-state index contributed by atoms with van der Waals surface area (Å²) in [6.45, 7) is 6.53. The zero-order valence-electron chi connectivity index (χ0n) is 10.1. The number of aromatic nitrogens is 1. The lowest BCUT2D eigenvalue weighted by Crippen LogP contribution is -2.33. The molecule has 1 aromatic heterocycles. The highest BCUT2D eigenvalue weighted by Gasteiger charge is 2.24. The van der Waals surface area contributed by atoms with Gasteiger partial charge in [-0.3, -0.25) is 0 Å². The minimum Gasteiger partial charge on any atom is -0.358 e. The zero-order valence-corrected chi connectivity index (χ0v) is 11.7. The molecule has 0 aliphatic rings. The van der Waals surface area contributed by atoms with Gasteiger partial charge in [0.15, 0.2) is 0 Å². The molecule has 0 atom stereocenters. The van der Waals surface area contributed by atoms with Crippen molar-refractivity contribution in [1.82, 2.24) is 10.3 Å². The third-order valence-corrected chi connectivity index (χ3v) is 3.69. The number of aromatic amines is 1. The van der Waals surface area contributed by atoms with Crippen LogP contribution in [0.25, 0.3) is 10.9 Å². The molecule has 0 spiro atoms. The minimum atomic E-state index is -0.0177. The fraction of sp³-hybridized carbons (Fsp3) is 0.385. The molecule has 0 amide bonds. The average Bonchev–Trinajstić information content (AvgIpc) is 2.53. The van der Waals surface area contributed by atoms with E-state index in [1.54, 1.807) is 0 Å². The molecular formula is C13H17BrN2. The van der Waals surface area contributed by atoms with Crippen LogP contribution >= 0.6 is 15.9 Å². The molecule has 2 nitrogen and oxygen atoms in total. The standard InChI is InChI=1S/C13H17BrN2/c1-8-12(13(2,3)15-4)10-6-5-9(14)7-11(10)16-8/h5-7,15-16H,1-4H3. The highest BCUT2D eigenvalue weighted by atomic mass is 79.9. The topological polar surface area (TPSA) is 27.8 Å². The lowest BCUT2D eigenvalue weighted by atomic mass is 9.92. The lowest BCUT2D eigenvalue weighted by Gasteiger charge is -2.25. The summed E-state index contributed by atoms with van der Waals surface area (Å²) in [6.07, 6.45) is 0. The van der Waals surface area contributed by atoms with E-state index in [9.17, 15) is 0 Å². The van der Waals surface area contributed by atoms with Crippen LogP contribution in [-0.4, -0.2) is 12.0 Å². The predicted molar refractivity (Wildman–Crippen MR) is 72.8 cm³/mol. The lowest BCUT2D eigenvalue weighted by molar-refractivity contribution is 0.446. The number of halogens is 1. The molecule has 1 heterocycles. The van der Waals surface area contributed by atoms with Gasteiger partial charge in [0.1, 0.15) is 0 Å². The molecular weight excluding hydrogens is 264 g/mol. The molecule has 2 rings (SSSR count). The first-order valence-electron chi connectivity index (χ1n) is 5.43. The van der Waals surface area contributed by atoms with Gasteiger partial charge in [-0.25, -0.2) is 0 Å². The van der Waals surface area contributed by atoms with Crippen LogP contribution < -0.4 is 5.32 Å². The van der Waals surface area contributed by atoms with Crippen LogP contribution in [0.5, 0.6) is 0 Å². The fourth-order valence-electron chi connectivity index (χ4n) is 2.23. The number of rotatable bonds is 2. The van der Waals surface area contributed by atoms with Crippen LogP contribution in [0, 0.1) is 6.92 Å². The quantitative estimate of drug-likeness (QED) is 0.863. The minimum absolute atomic E-state index is 0.0177. The molecule has 3 heteroatoms. The highest BCUT2D eigenvalue weighted by Crippen LogP contribution is 2.32. The molecule has 0 bridgehead atoms. The van der Waals surface area contributed by atoms with Crippen molar-refractivity contribution in [1.29, 1.82) is 0 Å². The van der Waals surface area contributed by atoms with Gasteiger partial charge in [-0.15, -0.1) is 0 Å². The van der Waals surface area contributed by atoms with E-state index in [1.165, 1.54) is 22.2 Å². The Bertz CT molecular complexity index is 526. The number of fused-ring (bicyclic) bond motifs is 1. The number of nitrogens with one attached hydrogen (secondary N) is 2. The van der Waals surface area contributed by atoms with Crippen LogP contribution in [0.15, 0.2) is 22.7 Å². The zero-order chi connectivity index (χ0) is 11.9. The van der Waals surface area contributed by atoms with Gasteiger partial charge in [-0.1, -0.05) is 22.0 Å². The molecule has 0 fully saturated rings. The molecule has 86 valence electrons. The Kier molecular flexibility index (Phi) is 2.84. The molecule has 0 saturated heterocycles. The first kappa shape index (κ1) is 11.7. The predicted octanol–water partition coefficient (Wildman–Crippen LogP) is 3.69. The third-order valence-electron chi connectivity index (χ3n) is 3.20. The van der Waals surface area contributed by atoms with E-state index >= 15 is 0 Å². The molecule has 2 aromatic rings. The summed E-state index contributed by atoms with van der Waals surface area (Å²) in [4.78, 5) is 3.44. The van der Waals surface area contributed by atoms with E-state index in [0.717, 1.165) is 4.47 Å². The smallest absolute Gasteiger partial charge is 0.0470 e. The van der Waals surface area contributed by atoms with Gasteiger partial charge in [0.05, 0.1) is 0 Å². The third kappa shape index (κ3) is 1.78. The second kappa shape index (κ2) is 3.90. The van der Waals surface area contributed by atoms with Crippen LogP contribution in [0.4, 0.5) is 0 Å². The van der Waals surface area contributed by atoms with Gasteiger partial charge in [0.25, 0.3) is 0 Å². The molecule has 0 radical (unpaired) electrons. The number of hydrogen-bond donors (Lipinski definition) is 2. The number of hydrogen-bond acceptors (Lipinski definition) is 1. The Balaban J connectivity index is 2.74. The van der Waals surface area contributed by atoms with Crippen molar-refractivity contribution in [3.63, 3.8) is 0 Å². The maximum Gasteiger partial charge on any atom is 0.0470 e. The first-order valence-corrected chi connectivity index (χ1v) is 6.22. The first-order chi connectivity index (χ1) is 7.45. The monoisotopic (exact) mass is 280 g/mol. The van der Waals surface area contributed by atoms with Crippen molar-refractivity contribution in [2.45, 2.75) is 26.3 Å². The maximum absolute atomic E-state index is 3.50. The Morgan fingerprint density at radius 2 is 2.00 bits per heavy atom. The van der Waals surface area contributed by atoms with Crippen LogP contribution in [0.1, 0.15) is 25.1 Å². The van der Waals surface area contributed by atoms with Gasteiger partial charge in [-0.05, 0) is 45.5 Å². The molecule has 0 aliphatic heterocycles.